The Labute approximate surface area is 170 Å². The molecule has 1 aliphatic carbocycles. The first-order valence-corrected chi connectivity index (χ1v) is 11.0. The predicted octanol–water partition coefficient (Wildman–Crippen LogP) is 5.05. The topological polar surface area (TPSA) is 34.6 Å². The molecule has 1 saturated heterocycles. The van der Waals surface area contributed by atoms with Crippen LogP contribution in [-0.2, 0) is 5.33 Å². The van der Waals surface area contributed by atoms with Crippen molar-refractivity contribution >= 4 is 15.9 Å². The van der Waals surface area contributed by atoms with Crippen molar-refractivity contribution in [3.8, 4) is 22.8 Å². The number of likely N-dealkylation sites (tertiary alicyclic amines) is 1. The van der Waals surface area contributed by atoms with Gasteiger partial charge in [0.25, 0.3) is 0 Å². The van der Waals surface area contributed by atoms with Gasteiger partial charge in [0.05, 0.1) is 12.8 Å². The number of benzene rings is 1. The van der Waals surface area contributed by atoms with E-state index in [9.17, 15) is 0 Å². The Kier molecular flexibility index (Phi) is 5.98. The van der Waals surface area contributed by atoms with E-state index in [0.717, 1.165) is 65.6 Å². The summed E-state index contributed by atoms with van der Waals surface area (Å²) in [6, 6.07) is 11.0. The highest BCUT2D eigenvalue weighted by molar-refractivity contribution is 9.08. The highest BCUT2D eigenvalue weighted by atomic mass is 79.9. The summed E-state index contributed by atoms with van der Waals surface area (Å²) in [4.78, 5) is 7.20. The molecule has 1 aromatic carbocycles. The number of halogens is 1. The SMILES string of the molecule is COc1cc(OC2CCN(C3CCC3)CC2)ccc1-c1ncccc1CBr. The number of rotatable bonds is 6. The highest BCUT2D eigenvalue weighted by Gasteiger charge is 2.29. The van der Waals surface area contributed by atoms with Crippen LogP contribution in [0.3, 0.4) is 0 Å². The first-order valence-electron chi connectivity index (χ1n) is 9.87. The van der Waals surface area contributed by atoms with Gasteiger partial charge in [-0.3, -0.25) is 4.98 Å². The lowest BCUT2D eigenvalue weighted by atomic mass is 9.90. The summed E-state index contributed by atoms with van der Waals surface area (Å²) in [5, 5.41) is 0.761. The third kappa shape index (κ3) is 4.14. The normalized spacial score (nSPS) is 18.9. The van der Waals surface area contributed by atoms with E-state index in [1.807, 2.05) is 24.4 Å². The van der Waals surface area contributed by atoms with E-state index in [-0.39, 0.29) is 0 Å². The number of aromatic nitrogens is 1. The molecule has 2 heterocycles. The summed E-state index contributed by atoms with van der Waals surface area (Å²) in [7, 11) is 1.70. The molecule has 2 aliphatic rings. The minimum absolute atomic E-state index is 0.296. The molecule has 0 atom stereocenters. The molecular weight excluding hydrogens is 404 g/mol. The Hall–Kier alpha value is -1.59. The Bertz CT molecular complexity index is 771. The van der Waals surface area contributed by atoms with Crippen molar-refractivity contribution < 1.29 is 9.47 Å². The van der Waals surface area contributed by atoms with Gasteiger partial charge in [0.2, 0.25) is 0 Å². The molecule has 0 spiro atoms. The van der Waals surface area contributed by atoms with Crippen molar-refractivity contribution in [3.63, 3.8) is 0 Å². The average molecular weight is 431 g/mol. The molecule has 5 heteroatoms. The van der Waals surface area contributed by atoms with E-state index >= 15 is 0 Å². The van der Waals surface area contributed by atoms with Gasteiger partial charge < -0.3 is 14.4 Å². The average Bonchev–Trinajstić information content (AvgIpc) is 2.68. The Morgan fingerprint density at radius 1 is 1.15 bits per heavy atom. The summed E-state index contributed by atoms with van der Waals surface area (Å²) in [5.41, 5.74) is 3.10. The lowest BCUT2D eigenvalue weighted by molar-refractivity contribution is 0.0493. The smallest absolute Gasteiger partial charge is 0.131 e. The zero-order chi connectivity index (χ0) is 18.6. The monoisotopic (exact) mass is 430 g/mol. The van der Waals surface area contributed by atoms with Crippen LogP contribution in [-0.4, -0.2) is 42.2 Å². The summed E-state index contributed by atoms with van der Waals surface area (Å²) in [5.74, 6) is 1.69. The molecule has 144 valence electrons. The second-order valence-electron chi connectivity index (χ2n) is 7.44. The van der Waals surface area contributed by atoms with Gasteiger partial charge in [-0.2, -0.15) is 0 Å². The van der Waals surface area contributed by atoms with Gasteiger partial charge in [0, 0.05) is 42.3 Å². The van der Waals surface area contributed by atoms with Crippen molar-refractivity contribution in [2.45, 2.75) is 49.6 Å². The molecule has 2 fully saturated rings. The second-order valence-corrected chi connectivity index (χ2v) is 8.01. The van der Waals surface area contributed by atoms with Crippen molar-refractivity contribution in [1.82, 2.24) is 9.88 Å². The lowest BCUT2D eigenvalue weighted by Crippen LogP contribution is -2.46. The van der Waals surface area contributed by atoms with Gasteiger partial charge in [-0.05, 0) is 49.4 Å². The van der Waals surface area contributed by atoms with E-state index in [2.05, 4.69) is 37.9 Å². The zero-order valence-electron chi connectivity index (χ0n) is 15.9. The van der Waals surface area contributed by atoms with Crippen LogP contribution in [0.1, 0.15) is 37.7 Å². The summed E-state index contributed by atoms with van der Waals surface area (Å²) < 4.78 is 11.9. The van der Waals surface area contributed by atoms with E-state index < -0.39 is 0 Å². The largest absolute Gasteiger partial charge is 0.496 e. The number of hydrogen-bond acceptors (Lipinski definition) is 4. The van der Waals surface area contributed by atoms with Crippen LogP contribution in [0, 0.1) is 0 Å². The van der Waals surface area contributed by atoms with Crippen LogP contribution in [0.5, 0.6) is 11.5 Å². The van der Waals surface area contributed by atoms with Crippen LogP contribution in [0.2, 0.25) is 0 Å². The van der Waals surface area contributed by atoms with Crippen LogP contribution < -0.4 is 9.47 Å². The Morgan fingerprint density at radius 3 is 2.63 bits per heavy atom. The number of piperidine rings is 1. The van der Waals surface area contributed by atoms with Gasteiger partial charge in [0.15, 0.2) is 0 Å². The van der Waals surface area contributed by atoms with Gasteiger partial charge in [-0.15, -0.1) is 0 Å². The van der Waals surface area contributed by atoms with Gasteiger partial charge in [0.1, 0.15) is 17.6 Å². The Balaban J connectivity index is 1.45. The van der Waals surface area contributed by atoms with E-state index in [4.69, 9.17) is 9.47 Å². The van der Waals surface area contributed by atoms with Crippen LogP contribution in [0.25, 0.3) is 11.3 Å². The van der Waals surface area contributed by atoms with Gasteiger partial charge in [-0.25, -0.2) is 0 Å². The van der Waals surface area contributed by atoms with Crippen molar-refractivity contribution in [2.75, 3.05) is 20.2 Å². The molecule has 27 heavy (non-hydrogen) atoms. The maximum atomic E-state index is 6.29. The van der Waals surface area contributed by atoms with E-state index in [0.29, 0.717) is 6.10 Å². The molecule has 2 aromatic rings. The quantitative estimate of drug-likeness (QED) is 0.600. The van der Waals surface area contributed by atoms with Crippen LogP contribution in [0.4, 0.5) is 0 Å². The first-order chi connectivity index (χ1) is 13.3. The fourth-order valence-electron chi connectivity index (χ4n) is 4.03. The zero-order valence-corrected chi connectivity index (χ0v) is 17.5. The predicted molar refractivity (Wildman–Crippen MR) is 112 cm³/mol. The van der Waals surface area contributed by atoms with Crippen molar-refractivity contribution in [3.05, 3.63) is 42.1 Å². The standard InChI is InChI=1S/C22H27BrN2O2/c1-26-21-14-19(7-8-20(21)22-16(15-23)4-3-11-24-22)27-18-9-12-25(13-10-18)17-5-2-6-17/h3-4,7-8,11,14,17-18H,2,5-6,9-10,12-13,15H2,1H3. The molecule has 0 radical (unpaired) electrons. The lowest BCUT2D eigenvalue weighted by Gasteiger charge is -2.41. The number of alkyl halides is 1. The second kappa shape index (κ2) is 8.61. The molecule has 0 bridgehead atoms. The summed E-state index contributed by atoms with van der Waals surface area (Å²) >= 11 is 3.55. The molecule has 0 unspecified atom stereocenters. The first kappa shape index (κ1) is 18.8. The van der Waals surface area contributed by atoms with Crippen molar-refractivity contribution in [1.29, 1.82) is 0 Å². The van der Waals surface area contributed by atoms with Crippen LogP contribution in [0.15, 0.2) is 36.5 Å². The third-order valence-corrected chi connectivity index (χ3v) is 6.44. The third-order valence-electron chi connectivity index (χ3n) is 5.83. The molecule has 0 amide bonds. The fourth-order valence-corrected chi connectivity index (χ4v) is 4.48. The number of nitrogens with zero attached hydrogens (tertiary/aromatic N) is 2. The number of hydrogen-bond donors (Lipinski definition) is 0. The molecular formula is C22H27BrN2O2. The van der Waals surface area contributed by atoms with E-state index in [1.54, 1.807) is 7.11 Å². The molecule has 4 nitrogen and oxygen atoms in total. The maximum Gasteiger partial charge on any atom is 0.131 e. The molecule has 4 rings (SSSR count). The number of pyridine rings is 1. The van der Waals surface area contributed by atoms with Crippen LogP contribution >= 0.6 is 15.9 Å². The molecule has 1 aliphatic heterocycles. The minimum Gasteiger partial charge on any atom is -0.496 e. The summed E-state index contributed by atoms with van der Waals surface area (Å²) in [6.45, 7) is 2.32. The van der Waals surface area contributed by atoms with Crippen molar-refractivity contribution in [2.24, 2.45) is 0 Å². The van der Waals surface area contributed by atoms with Gasteiger partial charge in [-0.1, -0.05) is 28.4 Å². The minimum atomic E-state index is 0.296. The number of ether oxygens (including phenoxy) is 2. The Morgan fingerprint density at radius 2 is 1.96 bits per heavy atom. The summed E-state index contributed by atoms with van der Waals surface area (Å²) in [6.07, 6.45) is 8.50. The fraction of sp³-hybridized carbons (Fsp3) is 0.500. The molecule has 1 saturated carbocycles. The molecule has 0 N–H and O–H groups in total. The van der Waals surface area contributed by atoms with Gasteiger partial charge >= 0.3 is 0 Å². The highest BCUT2D eigenvalue weighted by Crippen LogP contribution is 2.35. The number of methoxy groups -OCH3 is 1. The van der Waals surface area contributed by atoms with E-state index in [1.165, 1.54) is 19.3 Å². The molecule has 1 aromatic heterocycles. The maximum absolute atomic E-state index is 6.29.